The van der Waals surface area contributed by atoms with Crippen LogP contribution in [0.5, 0.6) is 0 Å². The van der Waals surface area contributed by atoms with Gasteiger partial charge in [-0.05, 0) is 28.1 Å². The van der Waals surface area contributed by atoms with Crippen LogP contribution in [-0.2, 0) is 0 Å². The molecular weight excluding hydrogens is 264 g/mol. The van der Waals surface area contributed by atoms with Crippen LogP contribution < -0.4 is 10.6 Å². The summed E-state index contributed by atoms with van der Waals surface area (Å²) in [4.78, 5) is 8.05. The number of halogens is 1. The molecule has 1 heterocycles. The molecule has 0 spiro atoms. The van der Waals surface area contributed by atoms with Crippen LogP contribution in [0.3, 0.4) is 0 Å². The van der Waals surface area contributed by atoms with Crippen molar-refractivity contribution in [1.29, 1.82) is 0 Å². The molecular formula is C8H9BrN4S. The summed E-state index contributed by atoms with van der Waals surface area (Å²) in [6, 6.07) is 0. The van der Waals surface area contributed by atoms with Gasteiger partial charge in [0.15, 0.2) is 10.9 Å². The summed E-state index contributed by atoms with van der Waals surface area (Å²) in [7, 11) is 0. The molecule has 14 heavy (non-hydrogen) atoms. The van der Waals surface area contributed by atoms with Crippen LogP contribution >= 0.6 is 28.1 Å². The molecule has 0 saturated heterocycles. The van der Waals surface area contributed by atoms with Crippen molar-refractivity contribution in [3.8, 4) is 0 Å². The van der Waals surface area contributed by atoms with E-state index in [0.29, 0.717) is 22.1 Å². The highest BCUT2D eigenvalue weighted by molar-refractivity contribution is 9.10. The molecule has 1 rings (SSSR count). The third-order valence-corrected chi connectivity index (χ3v) is 1.92. The van der Waals surface area contributed by atoms with Crippen molar-refractivity contribution >= 4 is 39.1 Å². The van der Waals surface area contributed by atoms with Crippen molar-refractivity contribution in [3.05, 3.63) is 29.7 Å². The fourth-order valence-electron chi connectivity index (χ4n) is 0.702. The zero-order valence-electron chi connectivity index (χ0n) is 7.33. The lowest BCUT2D eigenvalue weighted by molar-refractivity contribution is 1.05. The molecule has 0 fully saturated rings. The van der Waals surface area contributed by atoms with Crippen LogP contribution in [0, 0.1) is 0 Å². The maximum Gasteiger partial charge on any atom is 0.172 e. The zero-order valence-corrected chi connectivity index (χ0v) is 9.73. The summed E-state index contributed by atoms with van der Waals surface area (Å²) in [5, 5.41) is 6.30. The first-order chi connectivity index (χ1) is 6.72. The number of nitrogens with zero attached hydrogens (tertiary/aromatic N) is 2. The molecule has 1 aromatic heterocycles. The van der Waals surface area contributed by atoms with E-state index < -0.39 is 0 Å². The summed E-state index contributed by atoms with van der Waals surface area (Å²) in [6.45, 7) is 4.19. The van der Waals surface area contributed by atoms with Gasteiger partial charge in [-0.25, -0.2) is 9.97 Å². The Kier molecular flexibility index (Phi) is 4.48. The molecule has 0 bridgehead atoms. The molecule has 0 aliphatic carbocycles. The lowest BCUT2D eigenvalue weighted by Crippen LogP contribution is -2.28. The number of hydrogen-bond donors (Lipinski definition) is 2. The summed E-state index contributed by atoms with van der Waals surface area (Å²) in [6.07, 6.45) is 4.91. The van der Waals surface area contributed by atoms with Gasteiger partial charge in [-0.1, -0.05) is 6.08 Å². The lowest BCUT2D eigenvalue weighted by atomic mass is 10.6. The Morgan fingerprint density at radius 1 is 1.57 bits per heavy atom. The molecule has 0 unspecified atom stereocenters. The summed E-state index contributed by atoms with van der Waals surface area (Å²) < 4.78 is 0.688. The molecule has 0 amide bonds. The van der Waals surface area contributed by atoms with Crippen molar-refractivity contribution in [1.82, 2.24) is 15.3 Å². The molecule has 0 saturated carbocycles. The quantitative estimate of drug-likeness (QED) is 0.648. The Morgan fingerprint density at radius 2 is 2.36 bits per heavy atom. The molecule has 0 radical (unpaired) electrons. The highest BCUT2D eigenvalue weighted by atomic mass is 79.9. The molecule has 0 aromatic carbocycles. The van der Waals surface area contributed by atoms with Gasteiger partial charge in [-0.2, -0.15) is 0 Å². The van der Waals surface area contributed by atoms with Gasteiger partial charge in [0.1, 0.15) is 4.60 Å². The molecule has 2 N–H and O–H groups in total. The minimum Gasteiger partial charge on any atom is -0.359 e. The number of nitrogens with one attached hydrogen (secondary N) is 2. The van der Waals surface area contributed by atoms with E-state index in [0.717, 1.165) is 0 Å². The molecule has 6 heteroatoms. The number of thiocarbonyl (C=S) groups is 1. The average Bonchev–Trinajstić information content (AvgIpc) is 2.18. The predicted molar refractivity (Wildman–Crippen MR) is 64.2 cm³/mol. The van der Waals surface area contributed by atoms with E-state index in [9.17, 15) is 0 Å². The zero-order chi connectivity index (χ0) is 10.4. The Balaban J connectivity index is 2.47. The van der Waals surface area contributed by atoms with Crippen molar-refractivity contribution < 1.29 is 0 Å². The Labute approximate surface area is 96.0 Å². The second-order valence-corrected chi connectivity index (χ2v) is 3.57. The lowest BCUT2D eigenvalue weighted by Gasteiger charge is -2.06. The van der Waals surface area contributed by atoms with Gasteiger partial charge in [-0.15, -0.1) is 6.58 Å². The molecule has 4 nitrogen and oxygen atoms in total. The van der Waals surface area contributed by atoms with Crippen LogP contribution in [-0.4, -0.2) is 21.6 Å². The highest BCUT2D eigenvalue weighted by Crippen LogP contribution is 2.05. The average molecular weight is 273 g/mol. The van der Waals surface area contributed by atoms with Crippen LogP contribution in [0.1, 0.15) is 0 Å². The van der Waals surface area contributed by atoms with Crippen LogP contribution in [0.15, 0.2) is 29.7 Å². The molecule has 0 atom stereocenters. The van der Waals surface area contributed by atoms with Gasteiger partial charge in [0.25, 0.3) is 0 Å². The first-order valence-corrected chi connectivity index (χ1v) is 5.06. The number of anilines is 1. The maximum atomic E-state index is 4.98. The third kappa shape index (κ3) is 3.80. The summed E-state index contributed by atoms with van der Waals surface area (Å²) >= 11 is 8.18. The first kappa shape index (κ1) is 11.1. The standard InChI is InChI=1S/C8H9BrN4S/c1-2-3-10-8(14)13-7-5-11-6(9)4-12-7/h2,4-5H,1,3H2,(H2,10,12,13,14). The number of hydrogen-bond acceptors (Lipinski definition) is 3. The SMILES string of the molecule is C=CCNC(=S)Nc1cnc(Br)cn1. The predicted octanol–water partition coefficient (Wildman–Crippen LogP) is 1.71. The van der Waals surface area contributed by atoms with E-state index >= 15 is 0 Å². The summed E-state index contributed by atoms with van der Waals surface area (Å²) in [5.41, 5.74) is 0. The fourth-order valence-corrected chi connectivity index (χ4v) is 1.09. The normalized spacial score (nSPS) is 9.21. The minimum absolute atomic E-state index is 0.501. The largest absolute Gasteiger partial charge is 0.359 e. The second-order valence-electron chi connectivity index (χ2n) is 2.35. The topological polar surface area (TPSA) is 49.8 Å². The van der Waals surface area contributed by atoms with E-state index in [1.54, 1.807) is 18.5 Å². The van der Waals surface area contributed by atoms with Crippen molar-refractivity contribution in [3.63, 3.8) is 0 Å². The van der Waals surface area contributed by atoms with Crippen LogP contribution in [0.2, 0.25) is 0 Å². The van der Waals surface area contributed by atoms with Gasteiger partial charge < -0.3 is 10.6 Å². The van der Waals surface area contributed by atoms with E-state index in [4.69, 9.17) is 12.2 Å². The molecule has 0 aliphatic rings. The van der Waals surface area contributed by atoms with E-state index in [2.05, 4.69) is 43.1 Å². The van der Waals surface area contributed by atoms with Crippen molar-refractivity contribution in [2.24, 2.45) is 0 Å². The third-order valence-electron chi connectivity index (χ3n) is 1.27. The molecule has 0 aliphatic heterocycles. The van der Waals surface area contributed by atoms with Gasteiger partial charge in [0, 0.05) is 6.54 Å². The van der Waals surface area contributed by atoms with Gasteiger partial charge in [0.2, 0.25) is 0 Å². The van der Waals surface area contributed by atoms with Crippen LogP contribution in [0.4, 0.5) is 5.82 Å². The first-order valence-electron chi connectivity index (χ1n) is 3.85. The van der Waals surface area contributed by atoms with E-state index in [1.165, 1.54) is 0 Å². The number of rotatable bonds is 3. The fraction of sp³-hybridized carbons (Fsp3) is 0.125. The molecule has 74 valence electrons. The Bertz CT molecular complexity index is 325. The minimum atomic E-state index is 0.501. The maximum absolute atomic E-state index is 4.98. The highest BCUT2D eigenvalue weighted by Gasteiger charge is 1.97. The van der Waals surface area contributed by atoms with Crippen LogP contribution in [0.25, 0.3) is 0 Å². The smallest absolute Gasteiger partial charge is 0.172 e. The van der Waals surface area contributed by atoms with Gasteiger partial charge in [0.05, 0.1) is 12.4 Å². The number of aromatic nitrogens is 2. The van der Waals surface area contributed by atoms with Crippen molar-refractivity contribution in [2.75, 3.05) is 11.9 Å². The van der Waals surface area contributed by atoms with E-state index in [1.807, 2.05) is 0 Å². The van der Waals surface area contributed by atoms with Crippen molar-refractivity contribution in [2.45, 2.75) is 0 Å². The second kappa shape index (κ2) is 5.66. The Hall–Kier alpha value is -1.01. The van der Waals surface area contributed by atoms with Gasteiger partial charge >= 0.3 is 0 Å². The van der Waals surface area contributed by atoms with E-state index in [-0.39, 0.29) is 0 Å². The van der Waals surface area contributed by atoms with Gasteiger partial charge in [-0.3, -0.25) is 0 Å². The molecule has 1 aromatic rings. The Morgan fingerprint density at radius 3 is 2.93 bits per heavy atom. The monoisotopic (exact) mass is 272 g/mol. The summed E-state index contributed by atoms with van der Waals surface area (Å²) in [5.74, 6) is 0.606.